The second-order valence-electron chi connectivity index (χ2n) is 3.39. The molecule has 1 N–H and O–H groups in total. The lowest BCUT2D eigenvalue weighted by atomic mass is 10.2. The van der Waals surface area contributed by atoms with Crippen LogP contribution in [-0.4, -0.2) is 18.8 Å². The lowest BCUT2D eigenvalue weighted by molar-refractivity contribution is 0.0449. The van der Waals surface area contributed by atoms with E-state index in [1.54, 1.807) is 0 Å². The molecule has 1 unspecified atom stereocenters. The molecular weight excluding hydrogens is 152 g/mol. The van der Waals surface area contributed by atoms with Gasteiger partial charge in [-0.15, -0.1) is 0 Å². The predicted octanol–water partition coefficient (Wildman–Crippen LogP) is 2.76. The average molecular weight is 170 g/mol. The summed E-state index contributed by atoms with van der Waals surface area (Å²) in [6.07, 6.45) is 5.85. The minimum Gasteiger partial charge on any atom is -0.376 e. The summed E-state index contributed by atoms with van der Waals surface area (Å²) < 4.78 is 5.63. The maximum Gasteiger partial charge on any atom is 0.0966 e. The maximum absolute atomic E-state index is 6.96. The third-order valence-corrected chi connectivity index (χ3v) is 2.41. The van der Waals surface area contributed by atoms with Crippen molar-refractivity contribution in [2.45, 2.75) is 51.2 Å². The molecule has 70 valence electrons. The molecule has 0 aliphatic heterocycles. The van der Waals surface area contributed by atoms with Gasteiger partial charge >= 0.3 is 0 Å². The predicted molar refractivity (Wildman–Crippen MR) is 47.4 cm³/mol. The first-order valence-corrected chi connectivity index (χ1v) is 4.86. The van der Waals surface area contributed by atoms with E-state index in [2.05, 4.69) is 12.0 Å². The third-order valence-electron chi connectivity index (χ3n) is 2.41. The number of nitrogens with zero attached hydrogens (tertiary/aromatic N) is 1. The molecule has 1 fully saturated rings. The van der Waals surface area contributed by atoms with Crippen LogP contribution in [0.5, 0.6) is 0 Å². The smallest absolute Gasteiger partial charge is 0.0966 e. The Morgan fingerprint density at radius 2 is 2.33 bits per heavy atom. The summed E-state index contributed by atoms with van der Waals surface area (Å²) in [6, 6.07) is 0.154. The topological polar surface area (TPSA) is 45.4 Å². The maximum atomic E-state index is 6.96. The van der Waals surface area contributed by atoms with Crippen LogP contribution in [0.3, 0.4) is 0 Å². The third kappa shape index (κ3) is 2.55. The van der Waals surface area contributed by atoms with Crippen LogP contribution in [0.4, 0.5) is 0 Å². The van der Waals surface area contributed by atoms with Crippen molar-refractivity contribution in [1.29, 1.82) is 5.53 Å². The van der Waals surface area contributed by atoms with Crippen molar-refractivity contribution in [3.8, 4) is 0 Å². The molecule has 0 aromatic carbocycles. The van der Waals surface area contributed by atoms with Gasteiger partial charge in [0.2, 0.25) is 0 Å². The highest BCUT2D eigenvalue weighted by atomic mass is 16.5. The second kappa shape index (κ2) is 5.25. The Morgan fingerprint density at radius 1 is 1.50 bits per heavy atom. The SMILES string of the molecule is CCCCO[C@H]1CCCC1N=N. The zero-order valence-electron chi connectivity index (χ0n) is 7.75. The fourth-order valence-electron chi connectivity index (χ4n) is 1.63. The molecule has 0 amide bonds. The number of rotatable bonds is 5. The zero-order valence-corrected chi connectivity index (χ0v) is 7.75. The van der Waals surface area contributed by atoms with E-state index in [9.17, 15) is 0 Å². The number of hydrogen-bond acceptors (Lipinski definition) is 3. The van der Waals surface area contributed by atoms with Crippen LogP contribution in [0.15, 0.2) is 5.11 Å². The summed E-state index contributed by atoms with van der Waals surface area (Å²) in [4.78, 5) is 0. The van der Waals surface area contributed by atoms with Crippen molar-refractivity contribution in [1.82, 2.24) is 0 Å². The Kier molecular flexibility index (Phi) is 4.22. The molecular formula is C9H18N2O. The molecule has 3 nitrogen and oxygen atoms in total. The molecule has 0 radical (unpaired) electrons. The van der Waals surface area contributed by atoms with Crippen LogP contribution in [0.25, 0.3) is 0 Å². The monoisotopic (exact) mass is 170 g/mol. The van der Waals surface area contributed by atoms with Crippen molar-refractivity contribution in [2.75, 3.05) is 6.61 Å². The van der Waals surface area contributed by atoms with Crippen LogP contribution in [-0.2, 0) is 4.74 Å². The summed E-state index contributed by atoms with van der Waals surface area (Å²) in [5.74, 6) is 0. The van der Waals surface area contributed by atoms with E-state index in [4.69, 9.17) is 10.3 Å². The Balaban J connectivity index is 2.17. The van der Waals surface area contributed by atoms with E-state index in [-0.39, 0.29) is 12.1 Å². The molecule has 2 atom stereocenters. The van der Waals surface area contributed by atoms with Gasteiger partial charge in [0.15, 0.2) is 0 Å². The normalized spacial score (nSPS) is 29.1. The molecule has 3 heteroatoms. The van der Waals surface area contributed by atoms with Crippen molar-refractivity contribution in [2.24, 2.45) is 5.11 Å². The van der Waals surface area contributed by atoms with Gasteiger partial charge in [-0.05, 0) is 25.7 Å². The van der Waals surface area contributed by atoms with Gasteiger partial charge in [0, 0.05) is 6.61 Å². The first-order chi connectivity index (χ1) is 5.88. The fraction of sp³-hybridized carbons (Fsp3) is 1.00. The molecule has 0 aromatic rings. The zero-order chi connectivity index (χ0) is 8.81. The van der Waals surface area contributed by atoms with Gasteiger partial charge in [-0.3, -0.25) is 0 Å². The number of nitrogens with one attached hydrogen (secondary N) is 1. The van der Waals surface area contributed by atoms with Gasteiger partial charge in [0.05, 0.1) is 12.1 Å². The molecule has 0 spiro atoms. The van der Waals surface area contributed by atoms with E-state index >= 15 is 0 Å². The highest BCUT2D eigenvalue weighted by Gasteiger charge is 2.27. The number of ether oxygens (including phenoxy) is 1. The summed E-state index contributed by atoms with van der Waals surface area (Å²) in [5, 5.41) is 3.57. The van der Waals surface area contributed by atoms with Gasteiger partial charge in [-0.2, -0.15) is 5.11 Å². The molecule has 1 rings (SSSR count). The van der Waals surface area contributed by atoms with Crippen molar-refractivity contribution in [3.63, 3.8) is 0 Å². The summed E-state index contributed by atoms with van der Waals surface area (Å²) in [7, 11) is 0. The van der Waals surface area contributed by atoms with Crippen molar-refractivity contribution in [3.05, 3.63) is 0 Å². The van der Waals surface area contributed by atoms with Crippen molar-refractivity contribution >= 4 is 0 Å². The van der Waals surface area contributed by atoms with Crippen LogP contribution in [0.2, 0.25) is 0 Å². The minimum atomic E-state index is 0.154. The first-order valence-electron chi connectivity index (χ1n) is 4.86. The fourth-order valence-corrected chi connectivity index (χ4v) is 1.63. The quantitative estimate of drug-likeness (QED) is 0.500. The van der Waals surface area contributed by atoms with E-state index in [1.807, 2.05) is 0 Å². The highest BCUT2D eigenvalue weighted by molar-refractivity contribution is 4.82. The van der Waals surface area contributed by atoms with Crippen LogP contribution in [0, 0.1) is 5.53 Å². The minimum absolute atomic E-state index is 0.154. The Morgan fingerprint density at radius 3 is 3.00 bits per heavy atom. The van der Waals surface area contributed by atoms with Crippen molar-refractivity contribution < 1.29 is 4.74 Å². The van der Waals surface area contributed by atoms with Crippen LogP contribution < -0.4 is 0 Å². The Hall–Kier alpha value is -0.440. The lowest BCUT2D eigenvalue weighted by Crippen LogP contribution is -2.21. The standard InChI is InChI=1S/C9H18N2O/c1-2-3-7-12-9-6-4-5-8(9)11-10/h8-10H,2-7H2,1H3/t8?,9-/m0/s1. The molecule has 0 heterocycles. The van der Waals surface area contributed by atoms with Crippen LogP contribution in [0.1, 0.15) is 39.0 Å². The number of hydrogen-bond donors (Lipinski definition) is 1. The molecule has 1 aliphatic carbocycles. The Bertz CT molecular complexity index is 138. The van der Waals surface area contributed by atoms with Gasteiger partial charge in [-0.1, -0.05) is 13.3 Å². The highest BCUT2D eigenvalue weighted by Crippen LogP contribution is 2.24. The largest absolute Gasteiger partial charge is 0.376 e. The first kappa shape index (κ1) is 9.65. The molecule has 12 heavy (non-hydrogen) atoms. The van der Waals surface area contributed by atoms with Gasteiger partial charge in [0.1, 0.15) is 0 Å². The summed E-state index contributed by atoms with van der Waals surface area (Å²) >= 11 is 0. The molecule has 1 aliphatic rings. The Labute approximate surface area is 74.0 Å². The van der Waals surface area contributed by atoms with E-state index < -0.39 is 0 Å². The lowest BCUT2D eigenvalue weighted by Gasteiger charge is -2.14. The summed E-state index contributed by atoms with van der Waals surface area (Å²) in [6.45, 7) is 3.00. The summed E-state index contributed by atoms with van der Waals surface area (Å²) in [5.41, 5.74) is 6.96. The van der Waals surface area contributed by atoms with E-state index in [1.165, 1.54) is 12.8 Å². The van der Waals surface area contributed by atoms with Gasteiger partial charge in [-0.25, -0.2) is 5.53 Å². The van der Waals surface area contributed by atoms with E-state index in [0.29, 0.717) is 0 Å². The second-order valence-corrected chi connectivity index (χ2v) is 3.39. The van der Waals surface area contributed by atoms with E-state index in [0.717, 1.165) is 25.9 Å². The number of unbranched alkanes of at least 4 members (excludes halogenated alkanes) is 1. The molecule has 0 bridgehead atoms. The molecule has 1 saturated carbocycles. The van der Waals surface area contributed by atoms with Gasteiger partial charge < -0.3 is 4.74 Å². The molecule has 0 aromatic heterocycles. The van der Waals surface area contributed by atoms with Crippen LogP contribution >= 0.6 is 0 Å². The van der Waals surface area contributed by atoms with Gasteiger partial charge in [0.25, 0.3) is 0 Å². The average Bonchev–Trinajstić information content (AvgIpc) is 2.52. The molecule has 0 saturated heterocycles.